The molecule has 3 spiro atoms. The number of urea groups is 3. The number of nitrogens with zero attached hydrogens (tertiary/aromatic N) is 6. The SMILES string of the molecule is CNC(=O)Nc1cc2c(cc1F)[C@@]1(CC2)OC(=O)N(CC(=O)N2[C@@H](C)CC[C@H]2c2cc(F)c(F)c(F)c2)C1=O.CNC(=O)Nc1cc2c(cc1F)[C@]1(CC2)OC(=O)N(CC(=O)N2[C@@H](C)CC[C@H]2c2cc(F)c(F)c(F)c2)C1=O.CNC(=O)Nc1cc2c(cc1F)[C@]1(CC2)OC(=O)N(CC(=O)N2[C@@H](C)CC[C@H]2c2ccc(F)c(F)c2)C1=O. The number of carbonyl (C=O) groups is 12. The Bertz CT molecular complexity index is 4940. The Balaban J connectivity index is 0.000000151. The van der Waals surface area contributed by atoms with Crippen LogP contribution in [0.2, 0.25) is 0 Å². The smallest absolute Gasteiger partial charge is 0.418 e. The van der Waals surface area contributed by atoms with Gasteiger partial charge in [0.25, 0.3) is 17.7 Å². The molecule has 27 nitrogen and oxygen atoms in total. The van der Waals surface area contributed by atoms with E-state index >= 15 is 0 Å². The molecule has 0 radical (unpaired) electrons. The van der Waals surface area contributed by atoms with Crippen molar-refractivity contribution in [2.75, 3.05) is 56.7 Å². The number of ether oxygens (including phenoxy) is 3. The summed E-state index contributed by atoms with van der Waals surface area (Å²) in [5.41, 5.74) is -3.28. The summed E-state index contributed by atoms with van der Waals surface area (Å²) in [5.74, 6) is -17.7. The topological polar surface area (TPSA) is 324 Å². The first kappa shape index (κ1) is 81.6. The van der Waals surface area contributed by atoms with Crippen LogP contribution in [0.15, 0.2) is 78.9 Å². The van der Waals surface area contributed by atoms with Gasteiger partial charge in [-0.3, -0.25) is 28.8 Å². The number of likely N-dealkylation sites (tertiary alicyclic amines) is 3. The van der Waals surface area contributed by atoms with E-state index in [2.05, 4.69) is 31.9 Å². The van der Waals surface area contributed by atoms with Crippen LogP contribution in [0.1, 0.15) is 147 Å². The summed E-state index contributed by atoms with van der Waals surface area (Å²) >= 11 is 0. The monoisotopic (exact) mass is 1630 g/mol. The molecule has 15 rings (SSSR count). The summed E-state index contributed by atoms with van der Waals surface area (Å²) in [7, 11) is 4.11. The van der Waals surface area contributed by atoms with Crippen LogP contribution in [0, 0.1) is 64.0 Å². The van der Waals surface area contributed by atoms with Gasteiger partial charge in [0.1, 0.15) is 37.1 Å². The molecule has 38 heteroatoms. The Morgan fingerprint density at radius 3 is 0.914 bits per heavy atom. The number of nitrogens with one attached hydrogen (secondary N) is 6. The Morgan fingerprint density at radius 1 is 0.362 bits per heavy atom. The van der Waals surface area contributed by atoms with E-state index in [1.807, 2.05) is 0 Å². The highest BCUT2D eigenvalue weighted by atomic mass is 19.2. The van der Waals surface area contributed by atoms with Crippen LogP contribution in [0.3, 0.4) is 0 Å². The minimum absolute atomic E-state index is 0.0112. The molecule has 0 aromatic heterocycles. The first-order valence-corrected chi connectivity index (χ1v) is 36.8. The van der Waals surface area contributed by atoms with Crippen molar-refractivity contribution in [3.05, 3.63) is 193 Å². The van der Waals surface area contributed by atoms with E-state index in [-0.39, 0.29) is 89.4 Å². The number of halogens is 11. The molecule has 116 heavy (non-hydrogen) atoms. The van der Waals surface area contributed by atoms with Gasteiger partial charge in [-0.25, -0.2) is 91.8 Å². The second-order valence-electron chi connectivity index (χ2n) is 29.3. The number of anilines is 3. The average molecular weight is 1630 g/mol. The second-order valence-corrected chi connectivity index (χ2v) is 29.3. The molecular weight excluding hydrogens is 1550 g/mol. The van der Waals surface area contributed by atoms with Crippen molar-refractivity contribution in [3.63, 3.8) is 0 Å². The third kappa shape index (κ3) is 14.5. The van der Waals surface area contributed by atoms with E-state index in [0.717, 1.165) is 54.6 Å². The maximum atomic E-state index is 14.8. The Morgan fingerprint density at radius 2 is 0.638 bits per heavy atom. The number of amides is 15. The lowest BCUT2D eigenvalue weighted by Gasteiger charge is -2.30. The first-order chi connectivity index (χ1) is 55.0. The van der Waals surface area contributed by atoms with Gasteiger partial charge in [-0.15, -0.1) is 0 Å². The summed E-state index contributed by atoms with van der Waals surface area (Å²) in [6, 6.07) is 8.85. The minimum Gasteiger partial charge on any atom is -0.427 e. The lowest BCUT2D eigenvalue weighted by molar-refractivity contribution is -0.143. The maximum Gasteiger partial charge on any atom is 0.418 e. The first-order valence-electron chi connectivity index (χ1n) is 36.8. The van der Waals surface area contributed by atoms with Gasteiger partial charge >= 0.3 is 36.4 Å². The molecule has 6 saturated heterocycles. The summed E-state index contributed by atoms with van der Waals surface area (Å²) in [4.78, 5) is 160. The molecule has 15 amide bonds. The number of carbonyl (C=O) groups excluding carboxylic acids is 12. The number of fused-ring (bicyclic) bond motifs is 6. The molecule has 0 saturated carbocycles. The fourth-order valence-corrected chi connectivity index (χ4v) is 16.9. The van der Waals surface area contributed by atoms with E-state index in [9.17, 15) is 106 Å². The van der Waals surface area contributed by atoms with E-state index in [0.29, 0.717) is 75.5 Å². The number of hydrogen-bond acceptors (Lipinski definition) is 15. The highest BCUT2D eigenvalue weighted by molar-refractivity contribution is 6.09. The van der Waals surface area contributed by atoms with Gasteiger partial charge < -0.3 is 60.8 Å². The number of aryl methyl sites for hydroxylation is 3. The molecule has 612 valence electrons. The van der Waals surface area contributed by atoms with Crippen molar-refractivity contribution in [2.24, 2.45) is 0 Å². The standard InChI is InChI=1S/2C26H24F4N4O5.C26H25F3N4O5/c2*1-12-3-4-20(14-7-17(28)22(30)18(29)8-14)34(12)21(35)11-33-23(36)26(39-25(33)38)6-5-13-9-19(32-24(37)31-2)16(27)10-15(13)26;1-13-3-6-21(15-4-5-17(27)18(28)9-15)33(13)22(34)12-32-23(35)26(38-25(32)37)8-7-14-10-20(31-24(36)30-2)19(29)11-16(14)26/h2*7-10,12,20H,3-6,11H2,1-2H3,(H2,31,32,37);4-5,9-11,13,21H,3,6-8,12H2,1-2H3,(H2,30,31,36)/t12-,20-,26+;12-,20-,26-;13-,21-,26-/m000/s1. The van der Waals surface area contributed by atoms with Crippen molar-refractivity contribution >= 4 is 88.9 Å². The molecule has 0 unspecified atom stereocenters. The zero-order chi connectivity index (χ0) is 83.8. The van der Waals surface area contributed by atoms with E-state index < -0.39 is 202 Å². The van der Waals surface area contributed by atoms with E-state index in [1.54, 1.807) is 20.8 Å². The van der Waals surface area contributed by atoms with Crippen LogP contribution in [0.4, 0.5) is 94.1 Å². The third-order valence-electron chi connectivity index (χ3n) is 22.6. The van der Waals surface area contributed by atoms with Crippen molar-refractivity contribution in [1.29, 1.82) is 0 Å². The molecular formula is C78H73F11N12O15. The quantitative estimate of drug-likeness (QED) is 0.0377. The lowest BCUT2D eigenvalue weighted by Crippen LogP contribution is -2.46. The molecule has 9 aliphatic rings. The summed E-state index contributed by atoms with van der Waals surface area (Å²) in [5, 5.41) is 14.0. The molecule has 6 aromatic carbocycles. The van der Waals surface area contributed by atoms with Crippen molar-refractivity contribution < 1.29 is 120 Å². The van der Waals surface area contributed by atoms with Gasteiger partial charge in [-0.05, 0) is 185 Å². The minimum atomic E-state index is -1.82. The van der Waals surface area contributed by atoms with Crippen LogP contribution in [0.5, 0.6) is 0 Å². The Hall–Kier alpha value is -12.4. The lowest BCUT2D eigenvalue weighted by atomic mass is 9.94. The van der Waals surface area contributed by atoms with Gasteiger partial charge in [-0.2, -0.15) is 0 Å². The van der Waals surface area contributed by atoms with Gasteiger partial charge in [0, 0.05) is 75.2 Å². The average Bonchev–Trinajstić information content (AvgIpc) is 1.58. The van der Waals surface area contributed by atoms with Crippen molar-refractivity contribution in [3.8, 4) is 0 Å². The molecule has 6 heterocycles. The normalized spacial score (nSPS) is 23.9. The van der Waals surface area contributed by atoms with Gasteiger partial charge in [0.05, 0.1) is 35.2 Å². The number of hydrogen-bond donors (Lipinski definition) is 6. The van der Waals surface area contributed by atoms with Crippen LogP contribution in [-0.4, -0.2) is 160 Å². The number of imide groups is 3. The summed E-state index contributed by atoms with van der Waals surface area (Å²) in [6.07, 6.45) is 0.336. The highest BCUT2D eigenvalue weighted by Crippen LogP contribution is 2.51. The number of rotatable bonds is 12. The molecule has 6 aromatic rings. The Labute approximate surface area is 652 Å². The fourth-order valence-electron chi connectivity index (χ4n) is 16.9. The summed E-state index contributed by atoms with van der Waals surface area (Å²) < 4.78 is 171. The zero-order valence-corrected chi connectivity index (χ0v) is 62.5. The molecule has 0 bridgehead atoms. The van der Waals surface area contributed by atoms with Gasteiger partial charge in [-0.1, -0.05) is 6.07 Å². The molecule has 6 N–H and O–H groups in total. The van der Waals surface area contributed by atoms with Crippen LogP contribution in [0.25, 0.3) is 0 Å². The molecule has 3 aliphatic carbocycles. The predicted octanol–water partition coefficient (Wildman–Crippen LogP) is 11.5. The van der Waals surface area contributed by atoms with Crippen molar-refractivity contribution in [1.82, 2.24) is 45.3 Å². The van der Waals surface area contributed by atoms with Crippen LogP contribution in [-0.2, 0) is 79.0 Å². The van der Waals surface area contributed by atoms with Gasteiger partial charge in [0.2, 0.25) is 34.5 Å². The Kier molecular flexibility index (Phi) is 22.1. The third-order valence-corrected chi connectivity index (χ3v) is 22.6. The van der Waals surface area contributed by atoms with Crippen LogP contribution < -0.4 is 31.9 Å². The predicted molar refractivity (Wildman–Crippen MR) is 382 cm³/mol. The molecule has 6 aliphatic heterocycles. The van der Waals surface area contributed by atoms with Crippen LogP contribution >= 0.6 is 0 Å². The van der Waals surface area contributed by atoms with E-state index in [1.165, 1.54) is 60.1 Å². The molecule has 6 fully saturated rings. The number of benzene rings is 6. The molecule has 9 atom stereocenters. The fraction of sp³-hybridized carbons (Fsp3) is 0.385. The maximum absolute atomic E-state index is 14.8. The van der Waals surface area contributed by atoms with Crippen molar-refractivity contribution in [2.45, 2.75) is 151 Å². The second kappa shape index (κ2) is 31.4. The highest BCUT2D eigenvalue weighted by Gasteiger charge is 2.62. The van der Waals surface area contributed by atoms with E-state index in [4.69, 9.17) is 14.2 Å². The summed E-state index contributed by atoms with van der Waals surface area (Å²) in [6.45, 7) is 3.18. The van der Waals surface area contributed by atoms with Gasteiger partial charge in [0.15, 0.2) is 46.5 Å². The largest absolute Gasteiger partial charge is 0.427 e. The zero-order valence-electron chi connectivity index (χ0n) is 62.5.